The van der Waals surface area contributed by atoms with E-state index >= 15 is 0 Å². The fourth-order valence-corrected chi connectivity index (χ4v) is 2.40. The molecule has 2 amide bonds. The Bertz CT molecular complexity index is 725. The lowest BCUT2D eigenvalue weighted by molar-refractivity contribution is 0.0772. The zero-order valence-electron chi connectivity index (χ0n) is 14.8. The molecule has 1 aromatic heterocycles. The molecule has 0 spiro atoms. The van der Waals surface area contributed by atoms with Crippen molar-refractivity contribution in [2.24, 2.45) is 0 Å². The van der Waals surface area contributed by atoms with Gasteiger partial charge < -0.3 is 15.0 Å². The number of rotatable bonds is 7. The quantitative estimate of drug-likeness (QED) is 0.840. The lowest BCUT2D eigenvalue weighted by atomic mass is 10.1. The van der Waals surface area contributed by atoms with E-state index in [1.807, 2.05) is 38.1 Å². The van der Waals surface area contributed by atoms with E-state index in [1.165, 1.54) is 12.4 Å². The molecule has 0 aliphatic heterocycles. The highest BCUT2D eigenvalue weighted by Crippen LogP contribution is 2.11. The van der Waals surface area contributed by atoms with Crippen molar-refractivity contribution in [2.45, 2.75) is 20.4 Å². The number of hydrogen-bond donors (Lipinski definition) is 1. The van der Waals surface area contributed by atoms with Crippen LogP contribution in [-0.4, -0.2) is 41.9 Å². The van der Waals surface area contributed by atoms with Gasteiger partial charge >= 0.3 is 0 Å². The minimum Gasteiger partial charge on any atom is -0.497 e. The Morgan fingerprint density at radius 3 is 2.32 bits per heavy atom. The van der Waals surface area contributed by atoms with Crippen molar-refractivity contribution < 1.29 is 14.3 Å². The predicted octanol–water partition coefficient (Wildman–Crippen LogP) is 2.50. The first-order chi connectivity index (χ1) is 12.1. The van der Waals surface area contributed by atoms with Crippen molar-refractivity contribution in [1.29, 1.82) is 0 Å². The maximum Gasteiger partial charge on any atom is 0.255 e. The van der Waals surface area contributed by atoms with Crippen molar-refractivity contribution in [1.82, 2.24) is 15.2 Å². The maximum atomic E-state index is 12.4. The first kappa shape index (κ1) is 18.4. The van der Waals surface area contributed by atoms with Crippen LogP contribution in [0.25, 0.3) is 0 Å². The molecule has 2 rings (SSSR count). The summed E-state index contributed by atoms with van der Waals surface area (Å²) in [6.07, 6.45) is 2.95. The third-order valence-corrected chi connectivity index (χ3v) is 3.91. The smallest absolute Gasteiger partial charge is 0.255 e. The van der Waals surface area contributed by atoms with Crippen LogP contribution in [0.4, 0.5) is 0 Å². The van der Waals surface area contributed by atoms with Gasteiger partial charge in [-0.25, -0.2) is 0 Å². The van der Waals surface area contributed by atoms with Crippen LogP contribution in [0.2, 0.25) is 0 Å². The molecule has 0 fully saturated rings. The van der Waals surface area contributed by atoms with Crippen molar-refractivity contribution in [3.63, 3.8) is 0 Å². The summed E-state index contributed by atoms with van der Waals surface area (Å²) in [6, 6.07) is 9.03. The number of hydrogen-bond acceptors (Lipinski definition) is 4. The lowest BCUT2D eigenvalue weighted by Gasteiger charge is -2.18. The Hall–Kier alpha value is -2.89. The highest BCUT2D eigenvalue weighted by Gasteiger charge is 2.15. The molecule has 0 bridgehead atoms. The van der Waals surface area contributed by atoms with E-state index in [0.717, 1.165) is 11.3 Å². The van der Waals surface area contributed by atoms with Crippen LogP contribution in [0, 0.1) is 0 Å². The van der Waals surface area contributed by atoms with Crippen molar-refractivity contribution in [3.05, 3.63) is 59.4 Å². The van der Waals surface area contributed by atoms with Gasteiger partial charge in [-0.1, -0.05) is 12.1 Å². The van der Waals surface area contributed by atoms with Gasteiger partial charge in [-0.05, 0) is 37.6 Å². The molecule has 0 unspecified atom stereocenters. The van der Waals surface area contributed by atoms with E-state index < -0.39 is 0 Å². The summed E-state index contributed by atoms with van der Waals surface area (Å²) in [5.74, 6) is 0.377. The number of nitrogens with one attached hydrogen (secondary N) is 1. The number of aromatic nitrogens is 1. The molecule has 2 aromatic rings. The second kappa shape index (κ2) is 8.82. The summed E-state index contributed by atoms with van der Waals surface area (Å²) in [6.45, 7) is 5.45. The van der Waals surface area contributed by atoms with Gasteiger partial charge in [0.15, 0.2) is 0 Å². The van der Waals surface area contributed by atoms with E-state index in [0.29, 0.717) is 30.8 Å². The molecule has 1 N–H and O–H groups in total. The van der Waals surface area contributed by atoms with Crippen molar-refractivity contribution >= 4 is 11.8 Å². The number of methoxy groups -OCH3 is 1. The van der Waals surface area contributed by atoms with Gasteiger partial charge in [0.2, 0.25) is 0 Å². The molecule has 0 saturated carbocycles. The summed E-state index contributed by atoms with van der Waals surface area (Å²) in [7, 11) is 1.61. The van der Waals surface area contributed by atoms with Gasteiger partial charge in [0.25, 0.3) is 11.8 Å². The van der Waals surface area contributed by atoms with Gasteiger partial charge in [-0.2, -0.15) is 0 Å². The molecule has 0 radical (unpaired) electrons. The summed E-state index contributed by atoms with van der Waals surface area (Å²) >= 11 is 0. The number of carbonyl (C=O) groups excluding carboxylic acids is 2. The number of pyridine rings is 1. The zero-order valence-corrected chi connectivity index (χ0v) is 14.8. The van der Waals surface area contributed by atoms with Gasteiger partial charge in [0.1, 0.15) is 5.75 Å². The van der Waals surface area contributed by atoms with E-state index in [2.05, 4.69) is 10.3 Å². The fourth-order valence-electron chi connectivity index (χ4n) is 2.40. The topological polar surface area (TPSA) is 71.5 Å². The number of benzene rings is 1. The average Bonchev–Trinajstić information content (AvgIpc) is 2.67. The number of nitrogens with zero attached hydrogens (tertiary/aromatic N) is 2. The molecule has 25 heavy (non-hydrogen) atoms. The molecule has 6 nitrogen and oxygen atoms in total. The van der Waals surface area contributed by atoms with E-state index in [-0.39, 0.29) is 11.8 Å². The minimum absolute atomic E-state index is 0.123. The SMILES string of the molecule is CCN(CC)C(=O)c1cncc(C(=O)NCc2ccc(OC)cc2)c1. The third kappa shape index (κ3) is 4.79. The molecule has 132 valence electrons. The standard InChI is InChI=1S/C19H23N3O3/c1-4-22(5-2)19(24)16-10-15(12-20-13-16)18(23)21-11-14-6-8-17(25-3)9-7-14/h6-10,12-13H,4-5,11H2,1-3H3,(H,21,23). The van der Waals surface area contributed by atoms with Crippen LogP contribution < -0.4 is 10.1 Å². The Balaban J connectivity index is 2.03. The van der Waals surface area contributed by atoms with E-state index in [9.17, 15) is 9.59 Å². The number of carbonyl (C=O) groups is 2. The molecule has 1 heterocycles. The fraction of sp³-hybridized carbons (Fsp3) is 0.316. The van der Waals surface area contributed by atoms with Gasteiger partial charge in [-0.15, -0.1) is 0 Å². The van der Waals surface area contributed by atoms with Gasteiger partial charge in [0.05, 0.1) is 18.2 Å². The third-order valence-electron chi connectivity index (χ3n) is 3.91. The zero-order chi connectivity index (χ0) is 18.2. The molecule has 0 atom stereocenters. The Kier molecular flexibility index (Phi) is 6.51. The maximum absolute atomic E-state index is 12.4. The van der Waals surface area contributed by atoms with Crippen LogP contribution in [0.15, 0.2) is 42.7 Å². The highest BCUT2D eigenvalue weighted by molar-refractivity contribution is 5.99. The molecular weight excluding hydrogens is 318 g/mol. The highest BCUT2D eigenvalue weighted by atomic mass is 16.5. The molecule has 6 heteroatoms. The summed E-state index contributed by atoms with van der Waals surface area (Å²) in [5, 5.41) is 2.83. The van der Waals surface area contributed by atoms with Crippen LogP contribution in [0.1, 0.15) is 40.1 Å². The predicted molar refractivity (Wildman–Crippen MR) is 95.7 cm³/mol. The minimum atomic E-state index is -0.266. The molecule has 0 aliphatic rings. The normalized spacial score (nSPS) is 10.2. The van der Waals surface area contributed by atoms with Crippen LogP contribution in [0.5, 0.6) is 5.75 Å². The summed E-state index contributed by atoms with van der Waals surface area (Å²) in [5.41, 5.74) is 1.74. The first-order valence-electron chi connectivity index (χ1n) is 8.24. The number of amides is 2. The molecular formula is C19H23N3O3. The Labute approximate surface area is 147 Å². The van der Waals surface area contributed by atoms with Gasteiger partial charge in [0, 0.05) is 32.0 Å². The molecule has 0 aliphatic carbocycles. The summed E-state index contributed by atoms with van der Waals surface area (Å²) in [4.78, 5) is 30.4. The van der Waals surface area contributed by atoms with Crippen LogP contribution >= 0.6 is 0 Å². The largest absolute Gasteiger partial charge is 0.497 e. The summed E-state index contributed by atoms with van der Waals surface area (Å²) < 4.78 is 5.11. The molecule has 0 saturated heterocycles. The van der Waals surface area contributed by atoms with Crippen LogP contribution in [0.3, 0.4) is 0 Å². The Morgan fingerprint density at radius 1 is 1.08 bits per heavy atom. The monoisotopic (exact) mass is 341 g/mol. The molecule has 1 aromatic carbocycles. The van der Waals surface area contributed by atoms with E-state index in [4.69, 9.17) is 4.74 Å². The first-order valence-corrected chi connectivity index (χ1v) is 8.24. The van der Waals surface area contributed by atoms with Crippen molar-refractivity contribution in [2.75, 3.05) is 20.2 Å². The second-order valence-corrected chi connectivity index (χ2v) is 5.47. The second-order valence-electron chi connectivity index (χ2n) is 5.47. The average molecular weight is 341 g/mol. The Morgan fingerprint density at radius 2 is 1.72 bits per heavy atom. The van der Waals surface area contributed by atoms with E-state index in [1.54, 1.807) is 18.1 Å². The number of ether oxygens (including phenoxy) is 1. The van der Waals surface area contributed by atoms with Crippen molar-refractivity contribution in [3.8, 4) is 5.75 Å². The van der Waals surface area contributed by atoms with Crippen LogP contribution in [-0.2, 0) is 6.54 Å². The lowest BCUT2D eigenvalue weighted by Crippen LogP contribution is -2.31. The van der Waals surface area contributed by atoms with Gasteiger partial charge in [-0.3, -0.25) is 14.6 Å².